The molecule has 0 aliphatic heterocycles. The minimum Gasteiger partial charge on any atom is -0.0651 e. The van der Waals surface area contributed by atoms with Crippen molar-refractivity contribution in [3.05, 3.63) is 0 Å². The number of rotatable bonds is 5. The van der Waals surface area contributed by atoms with E-state index in [1.54, 1.807) is 38.5 Å². The molecule has 0 radical (unpaired) electrons. The van der Waals surface area contributed by atoms with Gasteiger partial charge in [-0.3, -0.25) is 0 Å². The minimum absolute atomic E-state index is 1.04. The summed E-state index contributed by atoms with van der Waals surface area (Å²) in [7, 11) is 0. The average molecular weight is 222 g/mol. The monoisotopic (exact) mass is 222 g/mol. The van der Waals surface area contributed by atoms with Crippen LogP contribution >= 0.6 is 0 Å². The Morgan fingerprint density at radius 2 is 1.56 bits per heavy atom. The van der Waals surface area contributed by atoms with Gasteiger partial charge in [0.15, 0.2) is 0 Å². The summed E-state index contributed by atoms with van der Waals surface area (Å²) in [6, 6.07) is 0. The van der Waals surface area contributed by atoms with E-state index >= 15 is 0 Å². The second-order valence-corrected chi connectivity index (χ2v) is 6.40. The average Bonchev–Trinajstić information content (AvgIpc) is 2.93. The molecule has 0 nitrogen and oxygen atoms in total. The molecule has 94 valence electrons. The SMILES string of the molecule is CCC(CC)C1CCC(CC2CCCC2)C1. The highest BCUT2D eigenvalue weighted by atomic mass is 14.4. The van der Waals surface area contributed by atoms with E-state index in [0.29, 0.717) is 0 Å². The Kier molecular flexibility index (Phi) is 4.73. The maximum Gasteiger partial charge on any atom is -0.0383 e. The molecule has 0 heteroatoms. The Labute approximate surface area is 102 Å². The number of hydrogen-bond donors (Lipinski definition) is 0. The van der Waals surface area contributed by atoms with Gasteiger partial charge in [0.25, 0.3) is 0 Å². The highest BCUT2D eigenvalue weighted by molar-refractivity contribution is 4.82. The van der Waals surface area contributed by atoms with Gasteiger partial charge in [0.1, 0.15) is 0 Å². The molecule has 0 N–H and O–H groups in total. The van der Waals surface area contributed by atoms with Crippen LogP contribution in [0.25, 0.3) is 0 Å². The second kappa shape index (κ2) is 6.07. The normalized spacial score (nSPS) is 31.7. The van der Waals surface area contributed by atoms with Gasteiger partial charge in [-0.05, 0) is 42.9 Å². The van der Waals surface area contributed by atoms with Crippen molar-refractivity contribution < 1.29 is 0 Å². The summed E-state index contributed by atoms with van der Waals surface area (Å²) in [5.41, 5.74) is 0. The Bertz CT molecular complexity index is 186. The standard InChI is InChI=1S/C16H30/c1-3-15(4-2)16-10-9-14(12-16)11-13-7-5-6-8-13/h13-16H,3-12H2,1-2H3. The first-order chi connectivity index (χ1) is 7.83. The summed E-state index contributed by atoms with van der Waals surface area (Å²) in [4.78, 5) is 0. The third-order valence-corrected chi connectivity index (χ3v) is 5.44. The van der Waals surface area contributed by atoms with Crippen LogP contribution in [0.4, 0.5) is 0 Å². The molecule has 0 amide bonds. The molecule has 0 saturated heterocycles. The summed E-state index contributed by atoms with van der Waals surface area (Å²) in [6.45, 7) is 4.77. The van der Waals surface area contributed by atoms with Crippen molar-refractivity contribution in [2.24, 2.45) is 23.7 Å². The zero-order valence-corrected chi connectivity index (χ0v) is 11.4. The molecule has 2 rings (SSSR count). The largest absolute Gasteiger partial charge is 0.0651 e. The molecular weight excluding hydrogens is 192 g/mol. The molecule has 2 saturated carbocycles. The van der Waals surface area contributed by atoms with E-state index in [4.69, 9.17) is 0 Å². The lowest BCUT2D eigenvalue weighted by Gasteiger charge is -2.21. The lowest BCUT2D eigenvalue weighted by molar-refractivity contribution is 0.296. The Morgan fingerprint density at radius 1 is 0.875 bits per heavy atom. The summed E-state index contributed by atoms with van der Waals surface area (Å²) < 4.78 is 0. The third-order valence-electron chi connectivity index (χ3n) is 5.44. The van der Waals surface area contributed by atoms with E-state index in [1.165, 1.54) is 25.7 Å². The number of hydrogen-bond acceptors (Lipinski definition) is 0. The van der Waals surface area contributed by atoms with Crippen molar-refractivity contribution in [2.75, 3.05) is 0 Å². The quantitative estimate of drug-likeness (QED) is 0.582. The zero-order chi connectivity index (χ0) is 11.4. The maximum atomic E-state index is 2.39. The van der Waals surface area contributed by atoms with Crippen molar-refractivity contribution in [1.29, 1.82) is 0 Å². The van der Waals surface area contributed by atoms with Crippen LogP contribution in [-0.2, 0) is 0 Å². The fourth-order valence-electron chi connectivity index (χ4n) is 4.43. The molecule has 2 atom stereocenters. The Balaban J connectivity index is 1.74. The highest BCUT2D eigenvalue weighted by Crippen LogP contribution is 2.43. The van der Waals surface area contributed by atoms with Crippen LogP contribution < -0.4 is 0 Å². The smallest absolute Gasteiger partial charge is 0.0383 e. The third kappa shape index (κ3) is 3.02. The zero-order valence-electron chi connectivity index (χ0n) is 11.4. The molecule has 2 fully saturated rings. The van der Waals surface area contributed by atoms with Crippen LogP contribution in [0.5, 0.6) is 0 Å². The molecular formula is C16H30. The molecule has 0 aromatic heterocycles. The first kappa shape index (κ1) is 12.5. The van der Waals surface area contributed by atoms with Gasteiger partial charge in [-0.15, -0.1) is 0 Å². The summed E-state index contributed by atoms with van der Waals surface area (Å²) in [5, 5.41) is 0. The summed E-state index contributed by atoms with van der Waals surface area (Å²) >= 11 is 0. The molecule has 0 spiro atoms. The van der Waals surface area contributed by atoms with Crippen LogP contribution in [0, 0.1) is 23.7 Å². The minimum atomic E-state index is 1.04. The van der Waals surface area contributed by atoms with Gasteiger partial charge in [-0.25, -0.2) is 0 Å². The van der Waals surface area contributed by atoms with Gasteiger partial charge in [-0.2, -0.15) is 0 Å². The molecule has 2 aliphatic carbocycles. The lowest BCUT2D eigenvalue weighted by Crippen LogP contribution is -2.11. The van der Waals surface area contributed by atoms with E-state index in [2.05, 4.69) is 13.8 Å². The molecule has 2 aliphatic rings. The molecule has 0 bridgehead atoms. The van der Waals surface area contributed by atoms with E-state index in [1.807, 2.05) is 0 Å². The predicted octanol–water partition coefficient (Wildman–Crippen LogP) is 5.42. The fourth-order valence-corrected chi connectivity index (χ4v) is 4.43. The first-order valence-electron chi connectivity index (χ1n) is 7.83. The first-order valence-corrected chi connectivity index (χ1v) is 7.83. The van der Waals surface area contributed by atoms with Gasteiger partial charge >= 0.3 is 0 Å². The molecule has 0 aromatic rings. The van der Waals surface area contributed by atoms with Gasteiger partial charge in [-0.1, -0.05) is 58.8 Å². The van der Waals surface area contributed by atoms with Crippen molar-refractivity contribution >= 4 is 0 Å². The van der Waals surface area contributed by atoms with E-state index in [0.717, 1.165) is 23.7 Å². The lowest BCUT2D eigenvalue weighted by atomic mass is 9.84. The Hall–Kier alpha value is 0. The highest BCUT2D eigenvalue weighted by Gasteiger charge is 2.31. The summed E-state index contributed by atoms with van der Waals surface area (Å²) in [6.07, 6.45) is 15.2. The van der Waals surface area contributed by atoms with Crippen LogP contribution in [0.15, 0.2) is 0 Å². The van der Waals surface area contributed by atoms with Crippen LogP contribution in [0.2, 0.25) is 0 Å². The maximum absolute atomic E-state index is 2.39. The van der Waals surface area contributed by atoms with Crippen molar-refractivity contribution in [1.82, 2.24) is 0 Å². The van der Waals surface area contributed by atoms with Gasteiger partial charge < -0.3 is 0 Å². The van der Waals surface area contributed by atoms with E-state index in [9.17, 15) is 0 Å². The predicted molar refractivity (Wildman–Crippen MR) is 71.5 cm³/mol. The van der Waals surface area contributed by atoms with Gasteiger partial charge in [0.2, 0.25) is 0 Å². The van der Waals surface area contributed by atoms with Crippen molar-refractivity contribution in [2.45, 2.75) is 78.1 Å². The molecule has 0 aromatic carbocycles. The topological polar surface area (TPSA) is 0 Å². The van der Waals surface area contributed by atoms with Crippen molar-refractivity contribution in [3.8, 4) is 0 Å². The van der Waals surface area contributed by atoms with Crippen LogP contribution in [0.1, 0.15) is 78.1 Å². The van der Waals surface area contributed by atoms with Crippen LogP contribution in [-0.4, -0.2) is 0 Å². The van der Waals surface area contributed by atoms with Crippen LogP contribution in [0.3, 0.4) is 0 Å². The van der Waals surface area contributed by atoms with E-state index in [-0.39, 0.29) is 0 Å². The van der Waals surface area contributed by atoms with Crippen molar-refractivity contribution in [3.63, 3.8) is 0 Å². The van der Waals surface area contributed by atoms with E-state index < -0.39 is 0 Å². The second-order valence-electron chi connectivity index (χ2n) is 6.40. The Morgan fingerprint density at radius 3 is 2.19 bits per heavy atom. The van der Waals surface area contributed by atoms with Gasteiger partial charge in [0.05, 0.1) is 0 Å². The van der Waals surface area contributed by atoms with Gasteiger partial charge in [0, 0.05) is 0 Å². The fraction of sp³-hybridized carbons (Fsp3) is 1.00. The molecule has 16 heavy (non-hydrogen) atoms. The molecule has 0 heterocycles. The molecule has 2 unspecified atom stereocenters. The summed E-state index contributed by atoms with van der Waals surface area (Å²) in [5.74, 6) is 4.34.